The lowest BCUT2D eigenvalue weighted by atomic mass is 9.98. The summed E-state index contributed by atoms with van der Waals surface area (Å²) >= 11 is 0. The number of carbonyl (C=O) groups excluding carboxylic acids is 1. The number of benzene rings is 3. The van der Waals surface area contributed by atoms with Crippen LogP contribution in [0.3, 0.4) is 0 Å². The van der Waals surface area contributed by atoms with Crippen molar-refractivity contribution in [3.63, 3.8) is 0 Å². The lowest BCUT2D eigenvalue weighted by molar-refractivity contribution is 0.158. The molecule has 0 fully saturated rings. The van der Waals surface area contributed by atoms with E-state index in [4.69, 9.17) is 4.74 Å². The third-order valence-electron chi connectivity index (χ3n) is 5.43. The summed E-state index contributed by atoms with van der Waals surface area (Å²) in [7, 11) is 0. The zero-order chi connectivity index (χ0) is 21.2. The van der Waals surface area contributed by atoms with Crippen LogP contribution in [0, 0.1) is 11.3 Å². The van der Waals surface area contributed by atoms with E-state index < -0.39 is 6.09 Å². The first-order valence-corrected chi connectivity index (χ1v) is 9.92. The van der Waals surface area contributed by atoms with Gasteiger partial charge in [-0.3, -0.25) is 5.32 Å². The third-order valence-corrected chi connectivity index (χ3v) is 5.43. The molecule has 1 amide bonds. The van der Waals surface area contributed by atoms with E-state index in [2.05, 4.69) is 40.8 Å². The van der Waals surface area contributed by atoms with Crippen molar-refractivity contribution < 1.29 is 9.53 Å². The van der Waals surface area contributed by atoms with Crippen LogP contribution in [0.5, 0.6) is 0 Å². The molecule has 150 valence electrons. The van der Waals surface area contributed by atoms with Crippen LogP contribution in [0.15, 0.2) is 85.1 Å². The summed E-state index contributed by atoms with van der Waals surface area (Å²) in [5, 5.41) is 16.3. The van der Waals surface area contributed by atoms with Gasteiger partial charge in [-0.1, -0.05) is 60.7 Å². The van der Waals surface area contributed by atoms with Gasteiger partial charge >= 0.3 is 6.09 Å². The molecular formula is C25H18N4O2. The van der Waals surface area contributed by atoms with E-state index in [1.807, 2.05) is 30.3 Å². The average molecular weight is 406 g/mol. The van der Waals surface area contributed by atoms with Crippen molar-refractivity contribution in [1.82, 2.24) is 9.78 Å². The van der Waals surface area contributed by atoms with Crippen LogP contribution in [-0.2, 0) is 4.74 Å². The monoisotopic (exact) mass is 406 g/mol. The summed E-state index contributed by atoms with van der Waals surface area (Å²) in [6.45, 7) is 0.234. The van der Waals surface area contributed by atoms with Crippen LogP contribution in [-0.4, -0.2) is 22.5 Å². The lowest BCUT2D eigenvalue weighted by Gasteiger charge is -2.14. The van der Waals surface area contributed by atoms with Crippen LogP contribution in [0.2, 0.25) is 0 Å². The third kappa shape index (κ3) is 3.43. The number of nitrogens with zero attached hydrogens (tertiary/aromatic N) is 3. The van der Waals surface area contributed by atoms with Crippen LogP contribution in [0.4, 0.5) is 10.6 Å². The number of rotatable bonds is 4. The van der Waals surface area contributed by atoms with Crippen LogP contribution >= 0.6 is 0 Å². The van der Waals surface area contributed by atoms with Crippen molar-refractivity contribution in [2.75, 3.05) is 11.9 Å². The van der Waals surface area contributed by atoms with Gasteiger partial charge in [0.1, 0.15) is 12.7 Å². The van der Waals surface area contributed by atoms with Gasteiger partial charge in [-0.05, 0) is 34.4 Å². The van der Waals surface area contributed by atoms with Gasteiger partial charge in [0, 0.05) is 18.2 Å². The highest BCUT2D eigenvalue weighted by atomic mass is 16.5. The first-order chi connectivity index (χ1) is 15.2. The number of aromatic nitrogens is 2. The molecule has 0 atom stereocenters. The number of hydrogen-bond donors (Lipinski definition) is 1. The van der Waals surface area contributed by atoms with E-state index in [0.29, 0.717) is 17.1 Å². The Bertz CT molecular complexity index is 1270. The Labute approximate surface area is 179 Å². The molecule has 0 unspecified atom stereocenters. The molecule has 4 aromatic rings. The standard InChI is InChI=1S/C25H18N4O2/c26-15-17-7-1-6-12-23(17)29-14-13-24(28-29)27-25(30)31-16-22-20-10-4-2-8-18(20)19-9-3-5-11-21(19)22/h1-14,22H,16H2,(H,27,28,30). The molecule has 1 aliphatic carbocycles. The molecule has 1 aliphatic rings. The van der Waals surface area contributed by atoms with Gasteiger partial charge in [-0.25, -0.2) is 9.48 Å². The molecule has 6 heteroatoms. The fourth-order valence-electron chi connectivity index (χ4n) is 4.03. The average Bonchev–Trinajstić information content (AvgIpc) is 3.40. The normalized spacial score (nSPS) is 12.0. The summed E-state index contributed by atoms with van der Waals surface area (Å²) in [5.41, 5.74) is 5.83. The van der Waals surface area contributed by atoms with Gasteiger partial charge < -0.3 is 4.74 Å². The van der Waals surface area contributed by atoms with Crippen molar-refractivity contribution in [2.24, 2.45) is 0 Å². The predicted octanol–water partition coefficient (Wildman–Crippen LogP) is 5.10. The fourth-order valence-corrected chi connectivity index (χ4v) is 4.03. The summed E-state index contributed by atoms with van der Waals surface area (Å²) in [5.74, 6) is 0.350. The minimum absolute atomic E-state index is 0.00165. The van der Waals surface area contributed by atoms with E-state index >= 15 is 0 Å². The zero-order valence-electron chi connectivity index (χ0n) is 16.5. The van der Waals surface area contributed by atoms with Crippen molar-refractivity contribution in [3.05, 3.63) is 102 Å². The quantitative estimate of drug-likeness (QED) is 0.511. The van der Waals surface area contributed by atoms with Crippen LogP contribution in [0.1, 0.15) is 22.6 Å². The predicted molar refractivity (Wildman–Crippen MR) is 117 cm³/mol. The fraction of sp³-hybridized carbons (Fsp3) is 0.0800. The van der Waals surface area contributed by atoms with Crippen LogP contribution < -0.4 is 5.32 Å². The maximum atomic E-state index is 12.4. The Balaban J connectivity index is 1.29. The molecule has 0 aliphatic heterocycles. The van der Waals surface area contributed by atoms with E-state index in [-0.39, 0.29) is 12.5 Å². The Morgan fingerprint density at radius 3 is 2.32 bits per heavy atom. The second-order valence-electron chi connectivity index (χ2n) is 7.23. The Morgan fingerprint density at radius 2 is 1.61 bits per heavy atom. The van der Waals surface area contributed by atoms with E-state index in [9.17, 15) is 10.1 Å². The molecule has 6 nitrogen and oxygen atoms in total. The molecule has 1 aromatic heterocycles. The molecule has 31 heavy (non-hydrogen) atoms. The molecule has 0 bridgehead atoms. The second kappa shape index (κ2) is 7.81. The highest BCUT2D eigenvalue weighted by molar-refractivity contribution is 5.84. The SMILES string of the molecule is N#Cc1ccccc1-n1ccc(NC(=O)OCC2c3ccccc3-c3ccccc32)n1. The van der Waals surface area contributed by atoms with Crippen molar-refractivity contribution in [1.29, 1.82) is 5.26 Å². The van der Waals surface area contributed by atoms with Gasteiger partial charge in [0.2, 0.25) is 0 Å². The van der Waals surface area contributed by atoms with Crippen molar-refractivity contribution in [3.8, 4) is 22.9 Å². The molecule has 0 spiro atoms. The number of anilines is 1. The van der Waals surface area contributed by atoms with Gasteiger partial charge in [0.05, 0.1) is 11.3 Å². The number of carbonyl (C=O) groups is 1. The molecule has 1 N–H and O–H groups in total. The minimum atomic E-state index is -0.569. The summed E-state index contributed by atoms with van der Waals surface area (Å²) < 4.78 is 7.11. The maximum Gasteiger partial charge on any atom is 0.412 e. The van der Waals surface area contributed by atoms with E-state index in [1.165, 1.54) is 11.1 Å². The van der Waals surface area contributed by atoms with Crippen LogP contribution in [0.25, 0.3) is 16.8 Å². The van der Waals surface area contributed by atoms with Gasteiger partial charge in [0.25, 0.3) is 0 Å². The first kappa shape index (κ1) is 18.6. The van der Waals surface area contributed by atoms with E-state index in [1.54, 1.807) is 35.1 Å². The molecular weight excluding hydrogens is 388 g/mol. The Morgan fingerprint density at radius 1 is 0.968 bits per heavy atom. The summed E-state index contributed by atoms with van der Waals surface area (Å²) in [4.78, 5) is 12.4. The number of nitrogens with one attached hydrogen (secondary N) is 1. The van der Waals surface area contributed by atoms with Gasteiger partial charge in [-0.2, -0.15) is 5.26 Å². The number of amides is 1. The zero-order valence-corrected chi connectivity index (χ0v) is 16.5. The number of hydrogen-bond acceptors (Lipinski definition) is 4. The largest absolute Gasteiger partial charge is 0.448 e. The Hall–Kier alpha value is -4.37. The van der Waals surface area contributed by atoms with Gasteiger partial charge in [-0.15, -0.1) is 5.10 Å². The maximum absolute atomic E-state index is 12.4. The van der Waals surface area contributed by atoms with E-state index in [0.717, 1.165) is 11.1 Å². The number of ether oxygens (including phenoxy) is 1. The molecule has 0 saturated heterocycles. The molecule has 0 saturated carbocycles. The molecule has 3 aromatic carbocycles. The molecule has 5 rings (SSSR count). The summed E-state index contributed by atoms with van der Waals surface area (Å²) in [6, 6.07) is 27.3. The Kier molecular flexibility index (Phi) is 4.70. The number of para-hydroxylation sites is 1. The minimum Gasteiger partial charge on any atom is -0.448 e. The second-order valence-corrected chi connectivity index (χ2v) is 7.23. The first-order valence-electron chi connectivity index (χ1n) is 9.92. The molecule has 0 radical (unpaired) electrons. The highest BCUT2D eigenvalue weighted by Crippen LogP contribution is 2.44. The smallest absolute Gasteiger partial charge is 0.412 e. The van der Waals surface area contributed by atoms with Gasteiger partial charge in [0.15, 0.2) is 5.82 Å². The number of fused-ring (bicyclic) bond motifs is 3. The highest BCUT2D eigenvalue weighted by Gasteiger charge is 2.29. The van der Waals surface area contributed by atoms with Crippen molar-refractivity contribution in [2.45, 2.75) is 5.92 Å². The summed E-state index contributed by atoms with van der Waals surface area (Å²) in [6.07, 6.45) is 1.12. The molecule has 1 heterocycles. The number of nitriles is 1. The topological polar surface area (TPSA) is 79.9 Å². The lowest BCUT2D eigenvalue weighted by Crippen LogP contribution is -2.18. The van der Waals surface area contributed by atoms with Crippen molar-refractivity contribution >= 4 is 11.9 Å².